The van der Waals surface area contributed by atoms with Crippen LogP contribution in [-0.2, 0) is 0 Å². The van der Waals surface area contributed by atoms with Crippen LogP contribution in [0.15, 0.2) is 65.5 Å². The summed E-state index contributed by atoms with van der Waals surface area (Å²) >= 11 is 6.07. The number of aromatic nitrogens is 2. The van der Waals surface area contributed by atoms with Gasteiger partial charge in [-0.1, -0.05) is 35.9 Å². The maximum absolute atomic E-state index is 14.0. The summed E-state index contributed by atoms with van der Waals surface area (Å²) in [5, 5.41) is 0.761. The maximum Gasteiger partial charge on any atom is 0.387 e. The van der Waals surface area contributed by atoms with Crippen molar-refractivity contribution in [2.45, 2.75) is 13.5 Å². The second-order valence-corrected chi connectivity index (χ2v) is 7.42. The van der Waals surface area contributed by atoms with Crippen LogP contribution < -0.4 is 10.3 Å². The molecule has 0 fully saturated rings. The van der Waals surface area contributed by atoms with Gasteiger partial charge in [0.15, 0.2) is 0 Å². The average molecular weight is 457 g/mol. The number of hydrogen-bond acceptors (Lipinski definition) is 3. The van der Waals surface area contributed by atoms with E-state index in [2.05, 4.69) is 9.72 Å². The lowest BCUT2D eigenvalue weighted by molar-refractivity contribution is -0.0498. The molecule has 4 nitrogen and oxygen atoms in total. The van der Waals surface area contributed by atoms with Crippen molar-refractivity contribution in [2.75, 3.05) is 0 Å². The molecule has 0 unspecified atom stereocenters. The number of halogens is 4. The van der Waals surface area contributed by atoms with Crippen molar-refractivity contribution in [1.29, 1.82) is 0 Å². The molecule has 0 atom stereocenters. The highest BCUT2D eigenvalue weighted by atomic mass is 35.5. The van der Waals surface area contributed by atoms with Crippen molar-refractivity contribution in [3.63, 3.8) is 0 Å². The number of rotatable bonds is 5. The zero-order chi connectivity index (χ0) is 22.8. The molecule has 0 aliphatic heterocycles. The molecule has 0 saturated carbocycles. The summed E-state index contributed by atoms with van der Waals surface area (Å²) in [6.07, 6.45) is 3.25. The van der Waals surface area contributed by atoms with Crippen LogP contribution in [0.5, 0.6) is 5.75 Å². The molecule has 0 amide bonds. The van der Waals surface area contributed by atoms with E-state index in [1.807, 2.05) is 0 Å². The van der Waals surface area contributed by atoms with Gasteiger partial charge in [0, 0.05) is 5.02 Å². The van der Waals surface area contributed by atoms with Crippen LogP contribution >= 0.6 is 11.6 Å². The minimum absolute atomic E-state index is 0.0305. The molecule has 162 valence electrons. The van der Waals surface area contributed by atoms with Crippen molar-refractivity contribution in [1.82, 2.24) is 9.55 Å². The van der Waals surface area contributed by atoms with E-state index in [0.717, 1.165) is 0 Å². The Balaban J connectivity index is 1.86. The van der Waals surface area contributed by atoms with Gasteiger partial charge in [0.05, 0.1) is 16.6 Å². The molecular formula is C24H16ClF3N2O2. The quantitative estimate of drug-likeness (QED) is 0.356. The van der Waals surface area contributed by atoms with Crippen molar-refractivity contribution in [2.24, 2.45) is 0 Å². The predicted octanol–water partition coefficient (Wildman–Crippen LogP) is 6.26. The fraction of sp³-hybridized carbons (Fsp3) is 0.0833. The third-order valence-corrected chi connectivity index (χ3v) is 5.03. The number of fused-ring (bicyclic) bond motifs is 1. The van der Waals surface area contributed by atoms with Crippen molar-refractivity contribution < 1.29 is 17.9 Å². The van der Waals surface area contributed by atoms with Gasteiger partial charge in [-0.05, 0) is 66.6 Å². The Morgan fingerprint density at radius 1 is 1.03 bits per heavy atom. The SMILES string of the molecule is Cc1ccc(F)cc1-n1c(/C=C/c2ccc(OC(F)F)cc2)nc2cc(Cl)ccc2c1=O. The normalized spacial score (nSPS) is 11.6. The maximum atomic E-state index is 14.0. The molecule has 0 spiro atoms. The standard InChI is InChI=1S/C24H16ClF3N2O2/c1-14-2-7-17(26)13-21(14)30-22(29-20-12-16(25)6-10-19(20)23(30)31)11-5-15-3-8-18(9-4-15)32-24(27)28/h2-13,24H,1H3/b11-5+. The Morgan fingerprint density at radius 2 is 1.78 bits per heavy atom. The lowest BCUT2D eigenvalue weighted by Gasteiger charge is -2.14. The number of nitrogens with zero attached hydrogens (tertiary/aromatic N) is 2. The van der Waals surface area contributed by atoms with Gasteiger partial charge < -0.3 is 4.74 Å². The first kappa shape index (κ1) is 21.6. The van der Waals surface area contributed by atoms with Crippen LogP contribution in [0, 0.1) is 12.7 Å². The highest BCUT2D eigenvalue weighted by Gasteiger charge is 2.14. The topological polar surface area (TPSA) is 44.1 Å². The Labute approximate surface area is 186 Å². The lowest BCUT2D eigenvalue weighted by Crippen LogP contribution is -2.23. The Bertz CT molecular complexity index is 1380. The summed E-state index contributed by atoms with van der Waals surface area (Å²) < 4.78 is 44.4. The van der Waals surface area contributed by atoms with E-state index in [1.165, 1.54) is 28.8 Å². The van der Waals surface area contributed by atoms with Gasteiger partial charge in [-0.3, -0.25) is 9.36 Å². The van der Waals surface area contributed by atoms with E-state index in [4.69, 9.17) is 11.6 Å². The molecule has 32 heavy (non-hydrogen) atoms. The van der Waals surface area contributed by atoms with Crippen LogP contribution in [-0.4, -0.2) is 16.2 Å². The number of ether oxygens (including phenoxy) is 1. The minimum Gasteiger partial charge on any atom is -0.435 e. The third-order valence-electron chi connectivity index (χ3n) is 4.80. The smallest absolute Gasteiger partial charge is 0.387 e. The molecule has 0 N–H and O–H groups in total. The van der Waals surface area contributed by atoms with Gasteiger partial charge in [-0.25, -0.2) is 9.37 Å². The summed E-state index contributed by atoms with van der Waals surface area (Å²) in [6, 6.07) is 14.9. The molecule has 4 aromatic rings. The van der Waals surface area contributed by atoms with Gasteiger partial charge in [-0.2, -0.15) is 8.78 Å². The number of alkyl halides is 2. The summed E-state index contributed by atoms with van der Waals surface area (Å²) in [7, 11) is 0. The first-order chi connectivity index (χ1) is 15.3. The van der Waals surface area contributed by atoms with E-state index in [-0.39, 0.29) is 17.1 Å². The van der Waals surface area contributed by atoms with Crippen LogP contribution in [0.25, 0.3) is 28.7 Å². The monoisotopic (exact) mass is 456 g/mol. The summed E-state index contributed by atoms with van der Waals surface area (Å²) in [5.41, 5.74) is 1.73. The van der Waals surface area contributed by atoms with E-state index in [9.17, 15) is 18.0 Å². The van der Waals surface area contributed by atoms with Crippen LogP contribution in [0.3, 0.4) is 0 Å². The molecule has 8 heteroatoms. The number of hydrogen-bond donors (Lipinski definition) is 0. The van der Waals surface area contributed by atoms with Crippen molar-refractivity contribution in [3.05, 3.63) is 98.8 Å². The van der Waals surface area contributed by atoms with Gasteiger partial charge in [-0.15, -0.1) is 0 Å². The number of benzene rings is 3. The Kier molecular flexibility index (Phi) is 6.01. The van der Waals surface area contributed by atoms with Crippen LogP contribution in [0.2, 0.25) is 5.02 Å². The molecule has 0 aliphatic carbocycles. The minimum atomic E-state index is -2.91. The van der Waals surface area contributed by atoms with Crippen molar-refractivity contribution >= 4 is 34.7 Å². The Hall–Kier alpha value is -3.58. The first-order valence-electron chi connectivity index (χ1n) is 9.53. The van der Waals surface area contributed by atoms with E-state index in [1.54, 1.807) is 55.5 Å². The largest absolute Gasteiger partial charge is 0.435 e. The van der Waals surface area contributed by atoms with Crippen LogP contribution in [0.1, 0.15) is 17.0 Å². The second-order valence-electron chi connectivity index (χ2n) is 6.98. The predicted molar refractivity (Wildman–Crippen MR) is 119 cm³/mol. The third kappa shape index (κ3) is 4.53. The van der Waals surface area contributed by atoms with E-state index in [0.29, 0.717) is 32.7 Å². The van der Waals surface area contributed by atoms with E-state index < -0.39 is 12.4 Å². The molecular weight excluding hydrogens is 441 g/mol. The molecule has 1 aromatic heterocycles. The molecule has 1 heterocycles. The Morgan fingerprint density at radius 3 is 2.50 bits per heavy atom. The van der Waals surface area contributed by atoms with Gasteiger partial charge in [0.2, 0.25) is 0 Å². The van der Waals surface area contributed by atoms with Gasteiger partial charge in [0.25, 0.3) is 5.56 Å². The first-order valence-corrected chi connectivity index (χ1v) is 9.91. The second kappa shape index (κ2) is 8.88. The summed E-state index contributed by atoms with van der Waals surface area (Å²) in [6.45, 7) is -1.14. The number of aryl methyl sites for hydroxylation is 1. The zero-order valence-corrected chi connectivity index (χ0v) is 17.5. The summed E-state index contributed by atoms with van der Waals surface area (Å²) in [5.74, 6) is -0.201. The van der Waals surface area contributed by atoms with E-state index >= 15 is 0 Å². The zero-order valence-electron chi connectivity index (χ0n) is 16.7. The molecule has 0 aliphatic rings. The van der Waals surface area contributed by atoms with Crippen LogP contribution in [0.4, 0.5) is 13.2 Å². The fourth-order valence-electron chi connectivity index (χ4n) is 3.28. The fourth-order valence-corrected chi connectivity index (χ4v) is 3.44. The molecule has 4 rings (SSSR count). The highest BCUT2D eigenvalue weighted by Crippen LogP contribution is 2.22. The molecule has 3 aromatic carbocycles. The average Bonchev–Trinajstić information content (AvgIpc) is 2.75. The van der Waals surface area contributed by atoms with Gasteiger partial charge >= 0.3 is 6.61 Å². The molecule has 0 bridgehead atoms. The van der Waals surface area contributed by atoms with Gasteiger partial charge in [0.1, 0.15) is 17.4 Å². The molecule has 0 saturated heterocycles. The lowest BCUT2D eigenvalue weighted by atomic mass is 10.1. The summed E-state index contributed by atoms with van der Waals surface area (Å²) in [4.78, 5) is 17.9. The molecule has 0 radical (unpaired) electrons. The van der Waals surface area contributed by atoms with Crippen molar-refractivity contribution in [3.8, 4) is 11.4 Å². The highest BCUT2D eigenvalue weighted by molar-refractivity contribution is 6.31.